The highest BCUT2D eigenvalue weighted by atomic mass is 19.3. The van der Waals surface area contributed by atoms with Crippen LogP contribution in [0.1, 0.15) is 42.7 Å². The summed E-state index contributed by atoms with van der Waals surface area (Å²) in [5, 5.41) is 23.9. The van der Waals surface area contributed by atoms with Gasteiger partial charge in [0.25, 0.3) is 5.92 Å². The van der Waals surface area contributed by atoms with Gasteiger partial charge in [-0.1, -0.05) is 49.2 Å². The monoisotopic (exact) mass is 474 g/mol. The molecule has 1 aromatic heterocycles. The third-order valence-corrected chi connectivity index (χ3v) is 5.83. The number of alkyl halides is 2. The van der Waals surface area contributed by atoms with Gasteiger partial charge < -0.3 is 25.3 Å². The Labute approximate surface area is 197 Å². The number of H-pyrrole nitrogens is 1. The zero-order valence-corrected chi connectivity index (χ0v) is 19.1. The molecule has 2 aromatic carbocycles. The van der Waals surface area contributed by atoms with Crippen molar-refractivity contribution < 1.29 is 23.7 Å². The average Bonchev–Trinajstić information content (AvgIpc) is 2.84. The second-order valence-electron chi connectivity index (χ2n) is 8.41. The molecule has 1 heterocycles. The Bertz CT molecular complexity index is 1090. The number of phenols is 1. The number of unbranched alkanes of at least 4 members (excludes halogenated alkanes) is 3. The quantitative estimate of drug-likeness (QED) is 0.262. The number of aromatic nitrogens is 1. The van der Waals surface area contributed by atoms with Crippen molar-refractivity contribution in [3.63, 3.8) is 0 Å². The minimum atomic E-state index is -2.98. The zero-order valence-electron chi connectivity index (χ0n) is 19.1. The van der Waals surface area contributed by atoms with Crippen LogP contribution in [-0.2, 0) is 10.7 Å². The van der Waals surface area contributed by atoms with Crippen LogP contribution in [0.5, 0.6) is 5.75 Å². The molecule has 0 aliphatic rings. The number of pyridine rings is 1. The fourth-order valence-corrected chi connectivity index (χ4v) is 3.94. The van der Waals surface area contributed by atoms with E-state index < -0.39 is 12.5 Å². The molecule has 0 spiro atoms. The van der Waals surface area contributed by atoms with E-state index in [-0.39, 0.29) is 29.4 Å². The third kappa shape index (κ3) is 7.09. The number of aliphatic hydroxyl groups excluding tert-OH is 1. The number of aromatic hydroxyl groups is 1. The molecule has 0 saturated heterocycles. The summed E-state index contributed by atoms with van der Waals surface area (Å²) in [6.07, 6.45) is 3.47. The topological polar surface area (TPSA) is 94.6 Å². The summed E-state index contributed by atoms with van der Waals surface area (Å²) in [4.78, 5) is 14.2. The van der Waals surface area contributed by atoms with Crippen LogP contribution < -0.4 is 10.9 Å². The van der Waals surface area contributed by atoms with Crippen molar-refractivity contribution in [3.8, 4) is 5.75 Å². The Kier molecular flexibility index (Phi) is 9.56. The van der Waals surface area contributed by atoms with Gasteiger partial charge in [0.2, 0.25) is 5.56 Å². The molecule has 0 radical (unpaired) electrons. The van der Waals surface area contributed by atoms with Crippen LogP contribution in [0.2, 0.25) is 0 Å². The van der Waals surface area contributed by atoms with Crippen molar-refractivity contribution in [2.45, 2.75) is 37.5 Å². The number of halogens is 2. The highest BCUT2D eigenvalue weighted by Gasteiger charge is 2.31. The van der Waals surface area contributed by atoms with Gasteiger partial charge in [-0.15, -0.1) is 0 Å². The van der Waals surface area contributed by atoms with Gasteiger partial charge in [0.15, 0.2) is 0 Å². The van der Waals surface area contributed by atoms with Crippen molar-refractivity contribution in [2.75, 3.05) is 32.9 Å². The first kappa shape index (κ1) is 25.8. The Hall–Kier alpha value is -2.81. The second-order valence-corrected chi connectivity index (χ2v) is 8.41. The zero-order chi connectivity index (χ0) is 24.4. The number of benzene rings is 2. The molecule has 8 heteroatoms. The average molecular weight is 475 g/mol. The van der Waals surface area contributed by atoms with E-state index in [1.807, 2.05) is 0 Å². The van der Waals surface area contributed by atoms with Gasteiger partial charge in [-0.3, -0.25) is 4.79 Å². The van der Waals surface area contributed by atoms with Crippen LogP contribution in [-0.4, -0.2) is 48.1 Å². The first-order valence-electron chi connectivity index (χ1n) is 11.6. The van der Waals surface area contributed by atoms with Gasteiger partial charge in [-0.05, 0) is 37.1 Å². The third-order valence-electron chi connectivity index (χ3n) is 5.83. The molecule has 0 bridgehead atoms. The van der Waals surface area contributed by atoms with Crippen molar-refractivity contribution >= 4 is 10.9 Å². The van der Waals surface area contributed by atoms with Crippen LogP contribution in [0, 0.1) is 0 Å². The molecule has 3 rings (SSSR count). The summed E-state index contributed by atoms with van der Waals surface area (Å²) in [6.45, 7) is 0.930. The van der Waals surface area contributed by atoms with E-state index in [1.54, 1.807) is 30.3 Å². The summed E-state index contributed by atoms with van der Waals surface area (Å²) in [5.41, 5.74) is 0.889. The number of nitrogens with one attached hydrogen (secondary N) is 2. The molecule has 6 nitrogen and oxygen atoms in total. The maximum absolute atomic E-state index is 14.0. The van der Waals surface area contributed by atoms with E-state index in [0.717, 1.165) is 37.8 Å². The van der Waals surface area contributed by atoms with E-state index in [9.17, 15) is 23.8 Å². The lowest BCUT2D eigenvalue weighted by Crippen LogP contribution is -2.25. The van der Waals surface area contributed by atoms with Gasteiger partial charge in [-0.2, -0.15) is 8.78 Å². The van der Waals surface area contributed by atoms with Crippen molar-refractivity contribution in [2.24, 2.45) is 0 Å². The predicted molar refractivity (Wildman–Crippen MR) is 129 cm³/mol. The summed E-state index contributed by atoms with van der Waals surface area (Å²) in [7, 11) is 0. The molecule has 184 valence electrons. The lowest BCUT2D eigenvalue weighted by molar-refractivity contribution is -0.0831. The standard InChI is InChI=1S/C26H32F2N2O4/c27-26(28,20-8-4-3-5-9-20)18-34-15-7-2-1-6-14-29-16-19(17-31)21-10-12-23(32)25-22(21)11-13-24(33)30-25/h3-5,8-13,19,29,31-32H,1-2,6-7,14-18H2,(H,30,33). The molecule has 1 atom stereocenters. The lowest BCUT2D eigenvalue weighted by Gasteiger charge is -2.18. The van der Waals surface area contributed by atoms with Gasteiger partial charge in [0.1, 0.15) is 12.4 Å². The van der Waals surface area contributed by atoms with Gasteiger partial charge in [0.05, 0.1) is 12.1 Å². The predicted octanol–water partition coefficient (Wildman–Crippen LogP) is 4.27. The molecular formula is C26H32F2N2O4. The molecule has 0 aliphatic heterocycles. The molecule has 0 amide bonds. The lowest BCUT2D eigenvalue weighted by atomic mass is 9.95. The Morgan fingerprint density at radius 2 is 1.76 bits per heavy atom. The highest BCUT2D eigenvalue weighted by molar-refractivity contribution is 5.87. The fourth-order valence-electron chi connectivity index (χ4n) is 3.94. The molecular weight excluding hydrogens is 442 g/mol. The highest BCUT2D eigenvalue weighted by Crippen LogP contribution is 2.30. The number of aromatic amines is 1. The van der Waals surface area contributed by atoms with Crippen molar-refractivity contribution in [1.29, 1.82) is 0 Å². The first-order chi connectivity index (χ1) is 16.4. The summed E-state index contributed by atoms with van der Waals surface area (Å²) in [5.74, 6) is -3.17. The molecule has 34 heavy (non-hydrogen) atoms. The smallest absolute Gasteiger partial charge is 0.296 e. The van der Waals surface area contributed by atoms with Crippen LogP contribution in [0.15, 0.2) is 59.4 Å². The SMILES string of the molecule is O=c1ccc2c(C(CO)CNCCCCCCOCC(F)(F)c3ccccc3)ccc(O)c2[nH]1. The Balaban J connectivity index is 1.32. The molecule has 1 unspecified atom stereocenters. The van der Waals surface area contributed by atoms with E-state index >= 15 is 0 Å². The fraction of sp³-hybridized carbons (Fsp3) is 0.423. The maximum atomic E-state index is 14.0. The van der Waals surface area contributed by atoms with Gasteiger partial charge in [-0.25, -0.2) is 0 Å². The van der Waals surface area contributed by atoms with Crippen LogP contribution in [0.4, 0.5) is 8.78 Å². The van der Waals surface area contributed by atoms with Crippen molar-refractivity contribution in [3.05, 3.63) is 76.1 Å². The van der Waals surface area contributed by atoms with Gasteiger partial charge >= 0.3 is 0 Å². The van der Waals surface area contributed by atoms with Crippen molar-refractivity contribution in [1.82, 2.24) is 10.3 Å². The van der Waals surface area contributed by atoms with Crippen LogP contribution in [0.25, 0.3) is 10.9 Å². The molecule has 4 N–H and O–H groups in total. The summed E-state index contributed by atoms with van der Waals surface area (Å²) < 4.78 is 33.3. The number of ether oxygens (including phenoxy) is 1. The van der Waals surface area contributed by atoms with E-state index in [0.29, 0.717) is 24.1 Å². The summed E-state index contributed by atoms with van der Waals surface area (Å²) >= 11 is 0. The number of aliphatic hydroxyl groups is 1. The first-order valence-corrected chi connectivity index (χ1v) is 11.6. The minimum absolute atomic E-state index is 0.00568. The minimum Gasteiger partial charge on any atom is -0.506 e. The van der Waals surface area contributed by atoms with Crippen LogP contribution >= 0.6 is 0 Å². The normalized spacial score (nSPS) is 12.8. The number of hydrogen-bond acceptors (Lipinski definition) is 5. The maximum Gasteiger partial charge on any atom is 0.296 e. The number of hydrogen-bond donors (Lipinski definition) is 4. The molecule has 0 fully saturated rings. The Morgan fingerprint density at radius 3 is 2.53 bits per heavy atom. The van der Waals surface area contributed by atoms with Gasteiger partial charge in [0, 0.05) is 36.1 Å². The van der Waals surface area contributed by atoms with Crippen LogP contribution in [0.3, 0.4) is 0 Å². The number of rotatable bonds is 14. The van der Waals surface area contributed by atoms with E-state index in [2.05, 4.69) is 10.3 Å². The molecule has 0 saturated carbocycles. The largest absolute Gasteiger partial charge is 0.506 e. The number of phenolic OH excluding ortho intramolecular Hbond substituents is 1. The Morgan fingerprint density at radius 1 is 1.00 bits per heavy atom. The molecule has 0 aliphatic carbocycles. The number of fused-ring (bicyclic) bond motifs is 1. The van der Waals surface area contributed by atoms with E-state index in [1.165, 1.54) is 24.3 Å². The van der Waals surface area contributed by atoms with E-state index in [4.69, 9.17) is 4.74 Å². The second kappa shape index (κ2) is 12.6. The molecule has 3 aromatic rings. The summed E-state index contributed by atoms with van der Waals surface area (Å²) in [6, 6.07) is 14.0.